The van der Waals surface area contributed by atoms with E-state index >= 15 is 0 Å². The number of hydrogen-bond donors (Lipinski definition) is 1. The summed E-state index contributed by atoms with van der Waals surface area (Å²) >= 11 is 12.4. The van der Waals surface area contributed by atoms with E-state index in [1.54, 1.807) is 18.2 Å². The zero-order valence-corrected chi connectivity index (χ0v) is 13.4. The van der Waals surface area contributed by atoms with Crippen LogP contribution in [-0.4, -0.2) is 0 Å². The third kappa shape index (κ3) is 2.84. The lowest BCUT2D eigenvalue weighted by atomic mass is 9.98. The van der Waals surface area contributed by atoms with Gasteiger partial charge < -0.3 is 5.73 Å². The molecule has 2 aromatic rings. The molecule has 2 rings (SSSR count). The molecule has 0 heterocycles. The first-order chi connectivity index (χ1) is 8.93. The van der Waals surface area contributed by atoms with Gasteiger partial charge in [0, 0.05) is 10.0 Å². The highest BCUT2D eigenvalue weighted by Crippen LogP contribution is 2.35. The van der Waals surface area contributed by atoms with Crippen molar-refractivity contribution < 1.29 is 8.78 Å². The van der Waals surface area contributed by atoms with Crippen LogP contribution in [0.4, 0.5) is 8.78 Å². The summed E-state index contributed by atoms with van der Waals surface area (Å²) in [5.41, 5.74) is 6.19. The summed E-state index contributed by atoms with van der Waals surface area (Å²) in [6, 6.07) is 6.54. The third-order valence-electron chi connectivity index (χ3n) is 2.71. The summed E-state index contributed by atoms with van der Waals surface area (Å²) in [5.74, 6) is -1.42. The Bertz CT molecular complexity index is 634. The fraction of sp³-hybridized carbons (Fsp3) is 0.0769. The van der Waals surface area contributed by atoms with Crippen molar-refractivity contribution in [3.05, 3.63) is 67.1 Å². The zero-order valence-electron chi connectivity index (χ0n) is 9.43. The second-order valence-electron chi connectivity index (χ2n) is 3.88. The Morgan fingerprint density at radius 1 is 1.05 bits per heavy atom. The molecule has 0 aliphatic heterocycles. The lowest BCUT2D eigenvalue weighted by molar-refractivity contribution is 0.539. The second kappa shape index (κ2) is 5.87. The van der Waals surface area contributed by atoms with Gasteiger partial charge in [-0.05, 0) is 55.6 Å². The number of halogens is 5. The number of benzene rings is 2. The van der Waals surface area contributed by atoms with Crippen molar-refractivity contribution in [3.8, 4) is 0 Å². The molecule has 100 valence electrons. The van der Waals surface area contributed by atoms with E-state index in [4.69, 9.17) is 17.3 Å². The first-order valence-electron chi connectivity index (χ1n) is 5.26. The van der Waals surface area contributed by atoms with Gasteiger partial charge >= 0.3 is 0 Å². The van der Waals surface area contributed by atoms with Gasteiger partial charge in [0.25, 0.3) is 0 Å². The Kier molecular flexibility index (Phi) is 4.61. The number of hydrogen-bond acceptors (Lipinski definition) is 1. The molecular weight excluding hydrogens is 403 g/mol. The highest BCUT2D eigenvalue weighted by Gasteiger charge is 2.22. The van der Waals surface area contributed by atoms with Crippen LogP contribution in [0, 0.1) is 11.6 Å². The molecule has 0 aromatic heterocycles. The number of nitrogens with two attached hydrogens (primary N) is 1. The quantitative estimate of drug-likeness (QED) is 0.676. The highest BCUT2D eigenvalue weighted by atomic mass is 79.9. The van der Waals surface area contributed by atoms with Gasteiger partial charge in [0.1, 0.15) is 11.6 Å². The van der Waals surface area contributed by atoms with E-state index in [1.807, 2.05) is 0 Å². The molecule has 1 atom stereocenters. The van der Waals surface area contributed by atoms with E-state index in [1.165, 1.54) is 6.07 Å². The Hall–Kier alpha value is -0.490. The van der Waals surface area contributed by atoms with Gasteiger partial charge in [-0.3, -0.25) is 0 Å². The Morgan fingerprint density at radius 2 is 1.74 bits per heavy atom. The van der Waals surface area contributed by atoms with E-state index < -0.39 is 17.7 Å². The maximum absolute atomic E-state index is 14.0. The van der Waals surface area contributed by atoms with E-state index in [2.05, 4.69) is 31.9 Å². The van der Waals surface area contributed by atoms with Crippen LogP contribution in [0.25, 0.3) is 0 Å². The van der Waals surface area contributed by atoms with E-state index in [-0.39, 0.29) is 10.0 Å². The lowest BCUT2D eigenvalue weighted by Gasteiger charge is -2.17. The normalized spacial score (nSPS) is 12.5. The van der Waals surface area contributed by atoms with Crippen molar-refractivity contribution in [1.82, 2.24) is 0 Å². The van der Waals surface area contributed by atoms with Gasteiger partial charge in [0.05, 0.1) is 15.5 Å². The fourth-order valence-electron chi connectivity index (χ4n) is 1.74. The van der Waals surface area contributed by atoms with E-state index in [0.29, 0.717) is 15.1 Å². The molecule has 2 N–H and O–H groups in total. The third-order valence-corrected chi connectivity index (χ3v) is 4.63. The molecule has 0 saturated heterocycles. The van der Waals surface area contributed by atoms with Gasteiger partial charge in [-0.25, -0.2) is 8.78 Å². The molecule has 19 heavy (non-hydrogen) atoms. The topological polar surface area (TPSA) is 26.0 Å². The van der Waals surface area contributed by atoms with Gasteiger partial charge in [-0.2, -0.15) is 0 Å². The van der Waals surface area contributed by atoms with Crippen molar-refractivity contribution in [2.75, 3.05) is 0 Å². The Labute approximate surface area is 131 Å². The van der Waals surface area contributed by atoms with Gasteiger partial charge in [0.2, 0.25) is 0 Å². The lowest BCUT2D eigenvalue weighted by Crippen LogP contribution is -2.16. The highest BCUT2D eigenvalue weighted by molar-refractivity contribution is 9.10. The molecule has 0 fully saturated rings. The van der Waals surface area contributed by atoms with Crippen LogP contribution < -0.4 is 5.73 Å². The van der Waals surface area contributed by atoms with Crippen LogP contribution in [0.2, 0.25) is 5.02 Å². The molecule has 6 heteroatoms. The smallest absolute Gasteiger partial charge is 0.145 e. The molecule has 0 spiro atoms. The van der Waals surface area contributed by atoms with Crippen molar-refractivity contribution in [3.63, 3.8) is 0 Å². The molecule has 0 amide bonds. The molecule has 0 aliphatic rings. The van der Waals surface area contributed by atoms with Gasteiger partial charge in [0.15, 0.2) is 0 Å². The molecule has 1 unspecified atom stereocenters. The summed E-state index contributed by atoms with van der Waals surface area (Å²) < 4.78 is 28.6. The standard InChI is InChI=1S/C13H8Br2ClF2N/c14-7-3-1-2-6(11(7)16)13(19)10-9(17)5-4-8(15)12(10)18/h1-5,13H,19H2. The first kappa shape index (κ1) is 14.9. The summed E-state index contributed by atoms with van der Waals surface area (Å²) in [4.78, 5) is 0. The first-order valence-corrected chi connectivity index (χ1v) is 7.22. The average molecular weight is 411 g/mol. The van der Waals surface area contributed by atoms with Crippen LogP contribution in [0.3, 0.4) is 0 Å². The Balaban J connectivity index is 2.59. The number of rotatable bonds is 2. The summed E-state index contributed by atoms with van der Waals surface area (Å²) in [5, 5.41) is 0.341. The molecular formula is C13H8Br2ClF2N. The minimum Gasteiger partial charge on any atom is -0.320 e. The molecule has 0 aliphatic carbocycles. The monoisotopic (exact) mass is 409 g/mol. The van der Waals surface area contributed by atoms with Gasteiger partial charge in [-0.15, -0.1) is 0 Å². The molecule has 0 bridgehead atoms. The predicted molar refractivity (Wildman–Crippen MR) is 79.2 cm³/mol. The van der Waals surface area contributed by atoms with Crippen LogP contribution >= 0.6 is 43.5 Å². The van der Waals surface area contributed by atoms with Gasteiger partial charge in [-0.1, -0.05) is 23.7 Å². The molecule has 0 saturated carbocycles. The van der Waals surface area contributed by atoms with Crippen molar-refractivity contribution >= 4 is 43.5 Å². The molecule has 1 nitrogen and oxygen atoms in total. The SMILES string of the molecule is NC(c1cccc(Br)c1Cl)c1c(F)ccc(Br)c1F. The fourth-order valence-corrected chi connectivity index (χ4v) is 2.71. The van der Waals surface area contributed by atoms with Crippen molar-refractivity contribution in [2.45, 2.75) is 6.04 Å². The van der Waals surface area contributed by atoms with E-state index in [0.717, 1.165) is 6.07 Å². The summed E-state index contributed by atoms with van der Waals surface area (Å²) in [6.07, 6.45) is 0. The maximum atomic E-state index is 14.0. The maximum Gasteiger partial charge on any atom is 0.145 e. The largest absolute Gasteiger partial charge is 0.320 e. The summed E-state index contributed by atoms with van der Waals surface area (Å²) in [7, 11) is 0. The average Bonchev–Trinajstić information content (AvgIpc) is 2.37. The zero-order chi connectivity index (χ0) is 14.2. The predicted octanol–water partition coefficient (Wildman–Crippen LogP) is 5.19. The minimum absolute atomic E-state index is 0.158. The second-order valence-corrected chi connectivity index (χ2v) is 5.96. The van der Waals surface area contributed by atoms with Crippen molar-refractivity contribution in [1.29, 1.82) is 0 Å². The Morgan fingerprint density at radius 3 is 2.42 bits per heavy atom. The summed E-state index contributed by atoms with van der Waals surface area (Å²) in [6.45, 7) is 0. The molecule has 2 aromatic carbocycles. The van der Waals surface area contributed by atoms with Crippen LogP contribution in [0.15, 0.2) is 39.3 Å². The molecule has 0 radical (unpaired) electrons. The van der Waals surface area contributed by atoms with Crippen LogP contribution in [-0.2, 0) is 0 Å². The van der Waals surface area contributed by atoms with Crippen LogP contribution in [0.5, 0.6) is 0 Å². The van der Waals surface area contributed by atoms with E-state index in [9.17, 15) is 8.78 Å². The van der Waals surface area contributed by atoms with Crippen LogP contribution in [0.1, 0.15) is 17.2 Å². The van der Waals surface area contributed by atoms with Crippen molar-refractivity contribution in [2.24, 2.45) is 5.73 Å². The minimum atomic E-state index is -0.984.